The standard InChI is InChI=1S/C23H30N4O4/c1-16(2)14-25(23(29)17(3)4)15-21(28)26-13-12-24-11-5-6-20(24)22(26)18-7-9-19(10-8-18)27(30)31/h5-11,16-17,22H,12-15H2,1-4H3. The van der Waals surface area contributed by atoms with Gasteiger partial charge in [0, 0.05) is 49.6 Å². The van der Waals surface area contributed by atoms with E-state index in [4.69, 9.17) is 0 Å². The second-order valence-electron chi connectivity index (χ2n) is 8.73. The van der Waals surface area contributed by atoms with Gasteiger partial charge in [0.2, 0.25) is 11.8 Å². The molecule has 0 N–H and O–H groups in total. The lowest BCUT2D eigenvalue weighted by Gasteiger charge is -2.38. The number of aromatic nitrogens is 1. The van der Waals surface area contributed by atoms with Gasteiger partial charge in [0.1, 0.15) is 0 Å². The van der Waals surface area contributed by atoms with Crippen LogP contribution in [0.25, 0.3) is 0 Å². The molecule has 1 atom stereocenters. The first-order valence-electron chi connectivity index (χ1n) is 10.7. The van der Waals surface area contributed by atoms with Crippen molar-refractivity contribution in [2.75, 3.05) is 19.6 Å². The lowest BCUT2D eigenvalue weighted by molar-refractivity contribution is -0.384. The van der Waals surface area contributed by atoms with Crippen LogP contribution in [-0.2, 0) is 16.1 Å². The zero-order chi connectivity index (χ0) is 22.7. The van der Waals surface area contributed by atoms with Gasteiger partial charge in [-0.2, -0.15) is 0 Å². The first kappa shape index (κ1) is 22.5. The molecule has 8 heteroatoms. The number of fused-ring (bicyclic) bond motifs is 1. The Bertz CT molecular complexity index is 949. The topological polar surface area (TPSA) is 88.7 Å². The molecule has 3 rings (SSSR count). The van der Waals surface area contributed by atoms with E-state index in [9.17, 15) is 19.7 Å². The highest BCUT2D eigenvalue weighted by Gasteiger charge is 2.34. The molecule has 166 valence electrons. The Labute approximate surface area is 182 Å². The van der Waals surface area contributed by atoms with Crippen LogP contribution in [0.5, 0.6) is 0 Å². The lowest BCUT2D eigenvalue weighted by atomic mass is 9.99. The fraction of sp³-hybridized carbons (Fsp3) is 0.478. The maximum absolute atomic E-state index is 13.4. The van der Waals surface area contributed by atoms with Crippen LogP contribution in [0.2, 0.25) is 0 Å². The van der Waals surface area contributed by atoms with E-state index in [1.807, 2.05) is 46.0 Å². The van der Waals surface area contributed by atoms with Crippen LogP contribution in [0.15, 0.2) is 42.6 Å². The minimum Gasteiger partial charge on any atom is -0.348 e. The van der Waals surface area contributed by atoms with Crippen LogP contribution in [-0.4, -0.2) is 50.7 Å². The lowest BCUT2D eigenvalue weighted by Crippen LogP contribution is -2.49. The van der Waals surface area contributed by atoms with E-state index in [0.29, 0.717) is 19.6 Å². The van der Waals surface area contributed by atoms with E-state index < -0.39 is 4.92 Å². The molecule has 31 heavy (non-hydrogen) atoms. The molecule has 0 spiro atoms. The fourth-order valence-electron chi connectivity index (χ4n) is 4.07. The maximum Gasteiger partial charge on any atom is 0.269 e. The fourth-order valence-corrected chi connectivity index (χ4v) is 4.07. The SMILES string of the molecule is CC(C)CN(CC(=O)N1CCn2cccc2C1c1ccc([N+](=O)[O-])cc1)C(=O)C(C)C. The van der Waals surface area contributed by atoms with Crippen molar-refractivity contribution in [1.82, 2.24) is 14.4 Å². The van der Waals surface area contributed by atoms with Crippen molar-refractivity contribution < 1.29 is 14.5 Å². The molecule has 2 heterocycles. The number of rotatable bonds is 7. The molecule has 0 bridgehead atoms. The van der Waals surface area contributed by atoms with Gasteiger partial charge in [-0.15, -0.1) is 0 Å². The minimum atomic E-state index is -0.433. The van der Waals surface area contributed by atoms with Gasteiger partial charge in [0.25, 0.3) is 5.69 Å². The molecular formula is C23H30N4O4. The number of carbonyl (C=O) groups excluding carboxylic acids is 2. The summed E-state index contributed by atoms with van der Waals surface area (Å²) in [5.74, 6) is -0.0880. The van der Waals surface area contributed by atoms with E-state index >= 15 is 0 Å². The van der Waals surface area contributed by atoms with Gasteiger partial charge < -0.3 is 14.4 Å². The van der Waals surface area contributed by atoms with Crippen molar-refractivity contribution in [3.05, 3.63) is 64.0 Å². The maximum atomic E-state index is 13.4. The second kappa shape index (κ2) is 9.32. The van der Waals surface area contributed by atoms with Crippen molar-refractivity contribution in [2.24, 2.45) is 11.8 Å². The monoisotopic (exact) mass is 426 g/mol. The smallest absolute Gasteiger partial charge is 0.269 e. The van der Waals surface area contributed by atoms with Crippen molar-refractivity contribution in [3.8, 4) is 0 Å². The van der Waals surface area contributed by atoms with Crippen molar-refractivity contribution in [2.45, 2.75) is 40.3 Å². The zero-order valence-corrected chi connectivity index (χ0v) is 18.5. The van der Waals surface area contributed by atoms with Crippen LogP contribution in [0.1, 0.15) is 45.0 Å². The van der Waals surface area contributed by atoms with Gasteiger partial charge in [-0.1, -0.05) is 27.7 Å². The third-order valence-corrected chi connectivity index (χ3v) is 5.50. The zero-order valence-electron chi connectivity index (χ0n) is 18.5. The summed E-state index contributed by atoms with van der Waals surface area (Å²) in [6.45, 7) is 9.46. The summed E-state index contributed by atoms with van der Waals surface area (Å²) in [6.07, 6.45) is 1.98. The van der Waals surface area contributed by atoms with E-state index in [1.165, 1.54) is 12.1 Å². The van der Waals surface area contributed by atoms with Crippen LogP contribution in [0, 0.1) is 22.0 Å². The highest BCUT2D eigenvalue weighted by atomic mass is 16.6. The van der Waals surface area contributed by atoms with Gasteiger partial charge in [-0.3, -0.25) is 19.7 Å². The van der Waals surface area contributed by atoms with Crippen LogP contribution < -0.4 is 0 Å². The summed E-state index contributed by atoms with van der Waals surface area (Å²) < 4.78 is 2.10. The molecule has 1 aromatic carbocycles. The first-order chi connectivity index (χ1) is 14.7. The summed E-state index contributed by atoms with van der Waals surface area (Å²) in [4.78, 5) is 40.2. The Morgan fingerprint density at radius 2 is 1.81 bits per heavy atom. The Balaban J connectivity index is 1.91. The number of non-ortho nitro benzene ring substituents is 1. The molecule has 1 unspecified atom stereocenters. The molecule has 0 fully saturated rings. The van der Waals surface area contributed by atoms with E-state index in [2.05, 4.69) is 4.57 Å². The molecule has 1 aliphatic rings. The predicted molar refractivity (Wildman–Crippen MR) is 117 cm³/mol. The third-order valence-electron chi connectivity index (χ3n) is 5.50. The highest BCUT2D eigenvalue weighted by Crippen LogP contribution is 2.33. The molecule has 0 saturated carbocycles. The molecular weight excluding hydrogens is 396 g/mol. The normalized spacial score (nSPS) is 15.8. The van der Waals surface area contributed by atoms with Crippen molar-refractivity contribution in [3.63, 3.8) is 0 Å². The Morgan fingerprint density at radius 1 is 1.13 bits per heavy atom. The number of amides is 2. The number of carbonyl (C=O) groups is 2. The average molecular weight is 427 g/mol. The summed E-state index contributed by atoms with van der Waals surface area (Å²) in [5.41, 5.74) is 1.78. The quantitative estimate of drug-likeness (QED) is 0.501. The summed E-state index contributed by atoms with van der Waals surface area (Å²) in [7, 11) is 0. The summed E-state index contributed by atoms with van der Waals surface area (Å²) in [6, 6.07) is 9.90. The predicted octanol–water partition coefficient (Wildman–Crippen LogP) is 3.47. The Kier molecular flexibility index (Phi) is 6.77. The van der Waals surface area contributed by atoms with E-state index in [1.54, 1.807) is 21.9 Å². The number of benzene rings is 1. The van der Waals surface area contributed by atoms with Crippen LogP contribution in [0.4, 0.5) is 5.69 Å². The highest BCUT2D eigenvalue weighted by molar-refractivity contribution is 5.86. The Hall–Kier alpha value is -3.16. The van der Waals surface area contributed by atoms with Crippen LogP contribution >= 0.6 is 0 Å². The number of nitro groups is 1. The largest absolute Gasteiger partial charge is 0.348 e. The molecule has 2 aromatic rings. The molecule has 8 nitrogen and oxygen atoms in total. The molecule has 1 aromatic heterocycles. The average Bonchev–Trinajstić information content (AvgIpc) is 3.20. The molecule has 0 radical (unpaired) electrons. The van der Waals surface area contributed by atoms with Gasteiger partial charge in [-0.25, -0.2) is 0 Å². The molecule has 1 aliphatic heterocycles. The van der Waals surface area contributed by atoms with Gasteiger partial charge in [0.15, 0.2) is 0 Å². The number of hydrogen-bond donors (Lipinski definition) is 0. The van der Waals surface area contributed by atoms with Crippen LogP contribution in [0.3, 0.4) is 0 Å². The van der Waals surface area contributed by atoms with Crippen molar-refractivity contribution in [1.29, 1.82) is 0 Å². The molecule has 2 amide bonds. The summed E-state index contributed by atoms with van der Waals surface area (Å²) >= 11 is 0. The van der Waals surface area contributed by atoms with E-state index in [-0.39, 0.29) is 41.9 Å². The first-order valence-corrected chi connectivity index (χ1v) is 10.7. The molecule has 0 aliphatic carbocycles. The number of nitrogens with zero attached hydrogens (tertiary/aromatic N) is 4. The summed E-state index contributed by atoms with van der Waals surface area (Å²) in [5, 5.41) is 11.0. The van der Waals surface area contributed by atoms with E-state index in [0.717, 1.165) is 11.3 Å². The van der Waals surface area contributed by atoms with Gasteiger partial charge in [0.05, 0.1) is 17.5 Å². The molecule has 0 saturated heterocycles. The Morgan fingerprint density at radius 3 is 2.39 bits per heavy atom. The number of hydrogen-bond acceptors (Lipinski definition) is 4. The number of nitro benzene ring substituents is 1. The minimum absolute atomic E-state index is 0.0125. The van der Waals surface area contributed by atoms with Gasteiger partial charge in [-0.05, 0) is 35.7 Å². The second-order valence-corrected chi connectivity index (χ2v) is 8.73. The van der Waals surface area contributed by atoms with Crippen molar-refractivity contribution >= 4 is 17.5 Å². The van der Waals surface area contributed by atoms with Gasteiger partial charge >= 0.3 is 0 Å². The third kappa shape index (κ3) is 4.95.